The third kappa shape index (κ3) is 2.72. The number of benzene rings is 1. The molecule has 0 bridgehead atoms. The van der Waals surface area contributed by atoms with Crippen LogP contribution < -0.4 is 5.73 Å². The average Bonchev–Trinajstić information content (AvgIpc) is 2.75. The second-order valence-corrected chi connectivity index (χ2v) is 2.74. The molecule has 1 aliphatic heterocycles. The van der Waals surface area contributed by atoms with E-state index in [2.05, 4.69) is 0 Å². The molecule has 0 aliphatic carbocycles. The zero-order valence-corrected chi connectivity index (χ0v) is 8.69. The highest BCUT2D eigenvalue weighted by atomic mass is 16.7. The van der Waals surface area contributed by atoms with Crippen molar-refractivity contribution in [3.8, 4) is 0 Å². The van der Waals surface area contributed by atoms with E-state index in [1.165, 1.54) is 0 Å². The van der Waals surface area contributed by atoms with Crippen LogP contribution in [0, 0.1) is 0 Å². The number of hydrogen-bond acceptors (Lipinski definition) is 3. The smallest absolute Gasteiger partial charge is 0.184 e. The molecule has 1 heterocycles. The van der Waals surface area contributed by atoms with Gasteiger partial charge in [-0.25, -0.2) is 0 Å². The van der Waals surface area contributed by atoms with Crippen LogP contribution in [0.25, 0.3) is 0 Å². The summed E-state index contributed by atoms with van der Waals surface area (Å²) < 4.78 is 10.6. The third-order valence-electron chi connectivity index (χ3n) is 1.83. The Kier molecular flexibility index (Phi) is 4.43. The van der Waals surface area contributed by atoms with Crippen LogP contribution in [0.2, 0.25) is 0 Å². The van der Waals surface area contributed by atoms with Crippen molar-refractivity contribution >= 4 is 5.69 Å². The van der Waals surface area contributed by atoms with Crippen molar-refractivity contribution in [2.24, 2.45) is 0 Å². The first-order chi connectivity index (χ1) is 6.86. The van der Waals surface area contributed by atoms with Crippen molar-refractivity contribution in [3.63, 3.8) is 0 Å². The van der Waals surface area contributed by atoms with Crippen LogP contribution in [0.15, 0.2) is 24.3 Å². The predicted octanol–water partition coefficient (Wildman–Crippen LogP) is 2.34. The first-order valence-corrected chi connectivity index (χ1v) is 4.95. The predicted molar refractivity (Wildman–Crippen MR) is 56.8 cm³/mol. The van der Waals surface area contributed by atoms with Crippen LogP contribution in [0.3, 0.4) is 0 Å². The van der Waals surface area contributed by atoms with Crippen LogP contribution >= 0.6 is 0 Å². The van der Waals surface area contributed by atoms with E-state index in [9.17, 15) is 0 Å². The second-order valence-electron chi connectivity index (χ2n) is 2.74. The summed E-state index contributed by atoms with van der Waals surface area (Å²) in [5.41, 5.74) is 7.33. The molecule has 0 aromatic heterocycles. The zero-order valence-electron chi connectivity index (χ0n) is 8.69. The number of nitrogen functional groups attached to an aromatic ring is 1. The highest BCUT2D eigenvalue weighted by Crippen LogP contribution is 2.23. The summed E-state index contributed by atoms with van der Waals surface area (Å²) in [5, 5.41) is 0. The average molecular weight is 195 g/mol. The van der Waals surface area contributed by atoms with Crippen LogP contribution in [0.5, 0.6) is 0 Å². The van der Waals surface area contributed by atoms with Crippen molar-refractivity contribution in [1.29, 1.82) is 0 Å². The van der Waals surface area contributed by atoms with E-state index < -0.39 is 0 Å². The molecule has 2 rings (SSSR count). The summed E-state index contributed by atoms with van der Waals surface area (Å²) in [4.78, 5) is 0. The van der Waals surface area contributed by atoms with Crippen LogP contribution in [-0.2, 0) is 9.47 Å². The van der Waals surface area contributed by atoms with Gasteiger partial charge in [-0.15, -0.1) is 0 Å². The van der Waals surface area contributed by atoms with Crippen molar-refractivity contribution in [2.75, 3.05) is 18.9 Å². The molecule has 0 spiro atoms. The minimum atomic E-state index is -0.189. The molecule has 3 heteroatoms. The van der Waals surface area contributed by atoms with Gasteiger partial charge in [-0.05, 0) is 12.1 Å². The molecule has 0 amide bonds. The Morgan fingerprint density at radius 2 is 1.57 bits per heavy atom. The standard InChI is InChI=1S/C9H11NO2.C2H6/c10-8-3-1-7(2-4-8)9-11-5-6-12-9;1-2/h1-4,9H,5-6,10H2;1-2H3. The minimum absolute atomic E-state index is 0.189. The largest absolute Gasteiger partial charge is 0.399 e. The van der Waals surface area contributed by atoms with E-state index in [0.29, 0.717) is 13.2 Å². The molecular weight excluding hydrogens is 178 g/mol. The molecular formula is C11H17NO2. The Bertz CT molecular complexity index is 252. The molecule has 2 N–H and O–H groups in total. The van der Waals surface area contributed by atoms with E-state index in [-0.39, 0.29) is 6.29 Å². The van der Waals surface area contributed by atoms with Gasteiger partial charge in [0.25, 0.3) is 0 Å². The lowest BCUT2D eigenvalue weighted by Gasteiger charge is -2.08. The molecule has 0 saturated carbocycles. The molecule has 1 saturated heterocycles. The maximum Gasteiger partial charge on any atom is 0.184 e. The second kappa shape index (κ2) is 5.62. The minimum Gasteiger partial charge on any atom is -0.399 e. The van der Waals surface area contributed by atoms with Gasteiger partial charge < -0.3 is 15.2 Å². The van der Waals surface area contributed by atoms with Gasteiger partial charge in [0.2, 0.25) is 0 Å². The lowest BCUT2D eigenvalue weighted by Crippen LogP contribution is -1.97. The molecule has 1 aliphatic rings. The van der Waals surface area contributed by atoms with Crippen molar-refractivity contribution < 1.29 is 9.47 Å². The fourth-order valence-electron chi connectivity index (χ4n) is 1.20. The third-order valence-corrected chi connectivity index (χ3v) is 1.83. The normalized spacial score (nSPS) is 16.1. The highest BCUT2D eigenvalue weighted by Gasteiger charge is 2.17. The summed E-state index contributed by atoms with van der Waals surface area (Å²) >= 11 is 0. The van der Waals surface area contributed by atoms with Gasteiger partial charge in [0.05, 0.1) is 13.2 Å². The summed E-state index contributed by atoms with van der Waals surface area (Å²) in [6.45, 7) is 5.35. The van der Waals surface area contributed by atoms with Gasteiger partial charge in [0.1, 0.15) is 0 Å². The van der Waals surface area contributed by atoms with Gasteiger partial charge in [-0.2, -0.15) is 0 Å². The number of anilines is 1. The summed E-state index contributed by atoms with van der Waals surface area (Å²) in [7, 11) is 0. The summed E-state index contributed by atoms with van der Waals surface area (Å²) in [6, 6.07) is 7.54. The number of ether oxygens (including phenoxy) is 2. The molecule has 1 aromatic carbocycles. The monoisotopic (exact) mass is 195 g/mol. The summed E-state index contributed by atoms with van der Waals surface area (Å²) in [6.07, 6.45) is -0.189. The maximum atomic E-state index is 5.54. The molecule has 0 atom stereocenters. The Balaban J connectivity index is 0.000000461. The SMILES string of the molecule is CC.Nc1ccc(C2OCCO2)cc1. The quantitative estimate of drug-likeness (QED) is 0.699. The molecule has 1 aromatic rings. The van der Waals surface area contributed by atoms with Gasteiger partial charge in [0.15, 0.2) is 6.29 Å². The molecule has 1 fully saturated rings. The Labute approximate surface area is 84.8 Å². The van der Waals surface area contributed by atoms with Crippen LogP contribution in [0.4, 0.5) is 5.69 Å². The van der Waals surface area contributed by atoms with Crippen LogP contribution in [-0.4, -0.2) is 13.2 Å². The Hall–Kier alpha value is -1.06. The van der Waals surface area contributed by atoms with Gasteiger partial charge in [-0.1, -0.05) is 26.0 Å². The Morgan fingerprint density at radius 3 is 2.07 bits per heavy atom. The van der Waals surface area contributed by atoms with Gasteiger partial charge in [0, 0.05) is 11.3 Å². The van der Waals surface area contributed by atoms with Gasteiger partial charge in [-0.3, -0.25) is 0 Å². The van der Waals surface area contributed by atoms with Crippen molar-refractivity contribution in [2.45, 2.75) is 20.1 Å². The van der Waals surface area contributed by atoms with E-state index >= 15 is 0 Å². The molecule has 3 nitrogen and oxygen atoms in total. The number of hydrogen-bond donors (Lipinski definition) is 1. The fourth-order valence-corrected chi connectivity index (χ4v) is 1.20. The lowest BCUT2D eigenvalue weighted by molar-refractivity contribution is -0.0441. The first kappa shape index (κ1) is 11.0. The van der Waals surface area contributed by atoms with E-state index in [1.54, 1.807) is 0 Å². The maximum absolute atomic E-state index is 5.54. The molecule has 14 heavy (non-hydrogen) atoms. The van der Waals surface area contributed by atoms with Crippen molar-refractivity contribution in [3.05, 3.63) is 29.8 Å². The first-order valence-electron chi connectivity index (χ1n) is 4.95. The van der Waals surface area contributed by atoms with E-state index in [1.807, 2.05) is 38.1 Å². The van der Waals surface area contributed by atoms with Crippen LogP contribution in [0.1, 0.15) is 25.7 Å². The van der Waals surface area contributed by atoms with E-state index in [0.717, 1.165) is 11.3 Å². The number of rotatable bonds is 1. The van der Waals surface area contributed by atoms with Crippen molar-refractivity contribution in [1.82, 2.24) is 0 Å². The van der Waals surface area contributed by atoms with Gasteiger partial charge >= 0.3 is 0 Å². The fraction of sp³-hybridized carbons (Fsp3) is 0.455. The zero-order chi connectivity index (χ0) is 10.4. The highest BCUT2D eigenvalue weighted by molar-refractivity contribution is 5.39. The molecule has 0 unspecified atom stereocenters. The summed E-state index contributed by atoms with van der Waals surface area (Å²) in [5.74, 6) is 0. The van der Waals surface area contributed by atoms with E-state index in [4.69, 9.17) is 15.2 Å². The number of nitrogens with two attached hydrogens (primary N) is 1. The topological polar surface area (TPSA) is 44.5 Å². The Morgan fingerprint density at radius 1 is 1.07 bits per heavy atom. The lowest BCUT2D eigenvalue weighted by atomic mass is 10.2. The molecule has 78 valence electrons. The molecule has 0 radical (unpaired) electrons.